The van der Waals surface area contributed by atoms with Crippen molar-refractivity contribution < 1.29 is 47.2 Å². The second kappa shape index (κ2) is 41.7. The Morgan fingerprint density at radius 1 is 0.623 bits per heavy atom. The average molecular weight is 880 g/mol. The van der Waals surface area contributed by atoms with Crippen LogP contribution in [-0.4, -0.2) is 81.2 Å². The minimum Gasteiger partial charge on any atom is -0.756 e. The van der Waals surface area contributed by atoms with Crippen molar-refractivity contribution >= 4 is 19.8 Å². The first-order valence-electron chi connectivity index (χ1n) is 24.1. The van der Waals surface area contributed by atoms with E-state index < -0.39 is 38.6 Å². The van der Waals surface area contributed by atoms with Crippen LogP contribution in [0, 0.1) is 0 Å². The molecular weight excluding hydrogens is 790 g/mol. The van der Waals surface area contributed by atoms with Crippen LogP contribution in [0.2, 0.25) is 0 Å². The molecule has 0 aromatic rings. The molecule has 11 heteroatoms. The molecule has 0 bridgehead atoms. The third-order valence-corrected chi connectivity index (χ3v) is 11.1. The highest BCUT2D eigenvalue weighted by Crippen LogP contribution is 2.38. The van der Waals surface area contributed by atoms with E-state index in [9.17, 15) is 24.2 Å². The van der Waals surface area contributed by atoms with E-state index in [0.717, 1.165) is 38.5 Å². The van der Waals surface area contributed by atoms with Crippen molar-refractivity contribution in [1.29, 1.82) is 0 Å². The zero-order valence-electron chi connectivity index (χ0n) is 39.5. The van der Waals surface area contributed by atoms with Crippen LogP contribution in [0.1, 0.15) is 187 Å². The summed E-state index contributed by atoms with van der Waals surface area (Å²) in [6.45, 7) is 3.93. The summed E-state index contributed by atoms with van der Waals surface area (Å²) < 4.78 is 33.9. The van der Waals surface area contributed by atoms with E-state index in [0.29, 0.717) is 36.7 Å². The Bertz CT molecular complexity index is 1240. The van der Waals surface area contributed by atoms with Crippen molar-refractivity contribution in [3.8, 4) is 0 Å². The summed E-state index contributed by atoms with van der Waals surface area (Å²) in [6.07, 6.45) is 47.4. The van der Waals surface area contributed by atoms with Crippen LogP contribution in [0.5, 0.6) is 0 Å². The van der Waals surface area contributed by atoms with Gasteiger partial charge in [-0.2, -0.15) is 0 Å². The lowest BCUT2D eigenvalue weighted by molar-refractivity contribution is -0.870. The minimum atomic E-state index is -4.65. The second-order valence-electron chi connectivity index (χ2n) is 17.3. The molecular formula is C50H90NO9P. The summed E-state index contributed by atoms with van der Waals surface area (Å²) in [5.74, 6) is -0.924. The van der Waals surface area contributed by atoms with Gasteiger partial charge in [-0.05, 0) is 44.9 Å². The van der Waals surface area contributed by atoms with Gasteiger partial charge in [0, 0.05) is 12.8 Å². The SMILES string of the molecule is CC/C=C\C(O)C/C=C/C=C\C/C=C\C/C=C\CCCC(=O)OC[C@H](COP(=O)([O-])OCC[N+](C)(C)C)OC(=O)CCCCCCCCCCCCCCCCCCCCC. The summed E-state index contributed by atoms with van der Waals surface area (Å²) in [6, 6.07) is 0. The number of phosphoric acid groups is 1. The summed E-state index contributed by atoms with van der Waals surface area (Å²) in [7, 11) is 1.11. The number of rotatable bonds is 43. The number of aliphatic hydroxyl groups is 1. The number of carbonyl (C=O) groups excluding carboxylic acids is 2. The molecule has 0 aromatic carbocycles. The maximum atomic E-state index is 12.7. The third-order valence-electron chi connectivity index (χ3n) is 10.1. The van der Waals surface area contributed by atoms with Crippen LogP contribution in [0.25, 0.3) is 0 Å². The predicted molar refractivity (Wildman–Crippen MR) is 251 cm³/mol. The molecule has 0 amide bonds. The van der Waals surface area contributed by atoms with E-state index in [1.54, 1.807) is 0 Å². The summed E-state index contributed by atoms with van der Waals surface area (Å²) >= 11 is 0. The maximum Gasteiger partial charge on any atom is 0.306 e. The molecule has 10 nitrogen and oxygen atoms in total. The molecule has 0 rings (SSSR count). The van der Waals surface area contributed by atoms with Crippen molar-refractivity contribution in [3.63, 3.8) is 0 Å². The quantitative estimate of drug-likeness (QED) is 0.0159. The first-order chi connectivity index (χ1) is 29.4. The molecule has 0 aliphatic carbocycles. The Kier molecular flexibility index (Phi) is 40.1. The Balaban J connectivity index is 4.40. The fourth-order valence-electron chi connectivity index (χ4n) is 6.36. The lowest BCUT2D eigenvalue weighted by Gasteiger charge is -2.28. The monoisotopic (exact) mass is 880 g/mol. The van der Waals surface area contributed by atoms with Gasteiger partial charge >= 0.3 is 11.9 Å². The fraction of sp³-hybridized carbons (Fsp3) is 0.760. The first-order valence-corrected chi connectivity index (χ1v) is 25.6. The number of quaternary nitrogens is 1. The van der Waals surface area contributed by atoms with Gasteiger partial charge in [0.1, 0.15) is 19.8 Å². The van der Waals surface area contributed by atoms with Gasteiger partial charge in [-0.15, -0.1) is 0 Å². The van der Waals surface area contributed by atoms with Crippen LogP contribution in [0.4, 0.5) is 0 Å². The van der Waals surface area contributed by atoms with Gasteiger partial charge in [-0.1, -0.05) is 190 Å². The highest BCUT2D eigenvalue weighted by molar-refractivity contribution is 7.45. The molecule has 61 heavy (non-hydrogen) atoms. The predicted octanol–water partition coefficient (Wildman–Crippen LogP) is 12.4. The van der Waals surface area contributed by atoms with Gasteiger partial charge < -0.3 is 33.0 Å². The van der Waals surface area contributed by atoms with Gasteiger partial charge in [0.05, 0.1) is 33.9 Å². The highest BCUT2D eigenvalue weighted by atomic mass is 31.2. The molecule has 354 valence electrons. The molecule has 0 saturated carbocycles. The number of ether oxygens (including phenoxy) is 2. The highest BCUT2D eigenvalue weighted by Gasteiger charge is 2.21. The molecule has 1 N–H and O–H groups in total. The molecule has 0 heterocycles. The number of hydrogen-bond donors (Lipinski definition) is 1. The van der Waals surface area contributed by atoms with Crippen molar-refractivity contribution in [1.82, 2.24) is 0 Å². The van der Waals surface area contributed by atoms with Crippen LogP contribution in [0.15, 0.2) is 60.8 Å². The lowest BCUT2D eigenvalue weighted by Crippen LogP contribution is -2.37. The van der Waals surface area contributed by atoms with E-state index in [-0.39, 0.29) is 26.1 Å². The van der Waals surface area contributed by atoms with E-state index in [2.05, 4.69) is 25.2 Å². The molecule has 0 aliphatic heterocycles. The molecule has 2 unspecified atom stereocenters. The number of phosphoric ester groups is 1. The van der Waals surface area contributed by atoms with Crippen molar-refractivity contribution in [3.05, 3.63) is 60.8 Å². The Hall–Kier alpha value is -2.33. The number of hydrogen-bond acceptors (Lipinski definition) is 9. The van der Waals surface area contributed by atoms with Gasteiger partial charge in [0.2, 0.25) is 0 Å². The topological polar surface area (TPSA) is 131 Å². The number of aliphatic hydroxyl groups excluding tert-OH is 1. The van der Waals surface area contributed by atoms with Gasteiger partial charge in [-0.3, -0.25) is 14.2 Å². The molecule has 0 fully saturated rings. The Morgan fingerprint density at radius 3 is 1.69 bits per heavy atom. The van der Waals surface area contributed by atoms with Gasteiger partial charge in [0.25, 0.3) is 7.82 Å². The maximum absolute atomic E-state index is 12.7. The van der Waals surface area contributed by atoms with Crippen LogP contribution >= 0.6 is 7.82 Å². The Morgan fingerprint density at radius 2 is 1.13 bits per heavy atom. The van der Waals surface area contributed by atoms with Crippen molar-refractivity contribution in [2.24, 2.45) is 0 Å². The summed E-state index contributed by atoms with van der Waals surface area (Å²) in [5.41, 5.74) is 0. The standard InChI is InChI=1S/C50H90NO9P/c1-6-8-10-11-12-13-14-15-16-17-18-19-20-21-26-29-32-35-38-42-50(54)60-48(46-59-61(55,56)58-44-43-51(3,4)5)45-57-49(53)41-37-34-31-28-25-23-22-24-27-30-33-36-40-47(52)39-9-7-2/h9,22-23,27-28,30-31,33,36,39,47-48,52H,6-8,10-21,24-26,29,32,34-35,37-38,40-46H2,1-5H3/b23-22-,30-27-,31-28-,36-33+,39-9-/t47?,48-/m1/s1. The number of unbranched alkanes of at least 4 members (excludes halogenated alkanes) is 19. The number of carbonyl (C=O) groups is 2. The van der Waals surface area contributed by atoms with E-state index in [1.165, 1.54) is 96.3 Å². The minimum absolute atomic E-state index is 0.0478. The number of nitrogens with zero attached hydrogens (tertiary/aromatic N) is 1. The average Bonchev–Trinajstić information content (AvgIpc) is 3.21. The number of allylic oxidation sites excluding steroid dienone is 8. The van der Waals surface area contributed by atoms with Crippen LogP contribution in [0.3, 0.4) is 0 Å². The van der Waals surface area contributed by atoms with E-state index in [4.69, 9.17) is 18.5 Å². The van der Waals surface area contributed by atoms with Gasteiger partial charge in [0.15, 0.2) is 6.10 Å². The van der Waals surface area contributed by atoms with Crippen LogP contribution in [-0.2, 0) is 32.7 Å². The largest absolute Gasteiger partial charge is 0.756 e. The van der Waals surface area contributed by atoms with E-state index >= 15 is 0 Å². The summed E-state index contributed by atoms with van der Waals surface area (Å²) in [5, 5.41) is 9.78. The summed E-state index contributed by atoms with van der Waals surface area (Å²) in [4.78, 5) is 37.6. The number of esters is 2. The zero-order valence-corrected chi connectivity index (χ0v) is 40.4. The fourth-order valence-corrected chi connectivity index (χ4v) is 7.09. The number of likely N-dealkylation sites (N-methyl/N-ethyl adjacent to an activating group) is 1. The zero-order chi connectivity index (χ0) is 45.1. The molecule has 0 saturated heterocycles. The normalized spacial score (nSPS) is 14.5. The molecule has 0 aliphatic rings. The third kappa shape index (κ3) is 45.5. The molecule has 0 aromatic heterocycles. The lowest BCUT2D eigenvalue weighted by atomic mass is 10.0. The van der Waals surface area contributed by atoms with E-state index in [1.807, 2.05) is 70.6 Å². The van der Waals surface area contributed by atoms with Crippen LogP contribution < -0.4 is 4.89 Å². The smallest absolute Gasteiger partial charge is 0.306 e. The van der Waals surface area contributed by atoms with Gasteiger partial charge in [-0.25, -0.2) is 0 Å². The van der Waals surface area contributed by atoms with Crippen molar-refractivity contribution in [2.75, 3.05) is 47.5 Å². The molecule has 3 atom stereocenters. The van der Waals surface area contributed by atoms with Crippen molar-refractivity contribution in [2.45, 2.75) is 199 Å². The first kappa shape index (κ1) is 58.7. The second-order valence-corrected chi connectivity index (χ2v) is 18.7. The molecule has 0 radical (unpaired) electrons. The Labute approximate surface area is 373 Å². The molecule has 0 spiro atoms.